The zero-order valence-corrected chi connectivity index (χ0v) is 13.3. The first-order chi connectivity index (χ1) is 9.10. The molecule has 0 aliphatic rings. The molecule has 1 amide bonds. The Bertz CT molecular complexity index is 601. The van der Waals surface area contributed by atoms with Crippen molar-refractivity contribution in [3.05, 3.63) is 57.5 Å². The number of hydrogen-bond donors (Lipinski definition) is 1. The molecule has 98 valence electrons. The molecule has 0 aromatic heterocycles. The molecule has 0 unspecified atom stereocenters. The number of thioether (sulfide) groups is 1. The predicted octanol–water partition coefficient (Wildman–Crippen LogP) is 5.08. The summed E-state index contributed by atoms with van der Waals surface area (Å²) in [6.45, 7) is 0. The van der Waals surface area contributed by atoms with Gasteiger partial charge in [0.05, 0.1) is 5.69 Å². The number of benzene rings is 2. The van der Waals surface area contributed by atoms with Crippen molar-refractivity contribution in [1.82, 2.24) is 0 Å². The second kappa shape index (κ2) is 6.46. The predicted molar refractivity (Wildman–Crippen MR) is 85.3 cm³/mol. The summed E-state index contributed by atoms with van der Waals surface area (Å²) in [4.78, 5) is 13.2. The van der Waals surface area contributed by atoms with Gasteiger partial charge in [-0.3, -0.25) is 4.79 Å². The van der Waals surface area contributed by atoms with Crippen LogP contribution in [0.1, 0.15) is 10.4 Å². The molecule has 2 aromatic carbocycles. The Kier molecular flexibility index (Phi) is 4.91. The third-order valence-electron chi connectivity index (χ3n) is 2.53. The van der Waals surface area contributed by atoms with Crippen molar-refractivity contribution in [3.8, 4) is 0 Å². The highest BCUT2D eigenvalue weighted by Gasteiger charge is 2.08. The lowest BCUT2D eigenvalue weighted by molar-refractivity contribution is 0.102. The highest BCUT2D eigenvalue weighted by molar-refractivity contribution is 9.10. The molecule has 19 heavy (non-hydrogen) atoms. The highest BCUT2D eigenvalue weighted by Crippen LogP contribution is 2.26. The van der Waals surface area contributed by atoms with Crippen LogP contribution in [0.5, 0.6) is 0 Å². The largest absolute Gasteiger partial charge is 0.321 e. The van der Waals surface area contributed by atoms with Crippen LogP contribution in [0.4, 0.5) is 5.69 Å². The van der Waals surface area contributed by atoms with Gasteiger partial charge in [-0.2, -0.15) is 0 Å². The van der Waals surface area contributed by atoms with Gasteiger partial charge in [-0.25, -0.2) is 0 Å². The first-order valence-electron chi connectivity index (χ1n) is 5.50. The van der Waals surface area contributed by atoms with Crippen molar-refractivity contribution in [1.29, 1.82) is 0 Å². The van der Waals surface area contributed by atoms with E-state index in [2.05, 4.69) is 21.2 Å². The lowest BCUT2D eigenvalue weighted by Gasteiger charge is -2.08. The average Bonchev–Trinajstić information content (AvgIpc) is 2.43. The third kappa shape index (κ3) is 3.75. The van der Waals surface area contributed by atoms with Gasteiger partial charge >= 0.3 is 0 Å². The number of nitrogens with one attached hydrogen (secondary N) is 1. The summed E-state index contributed by atoms with van der Waals surface area (Å²) in [7, 11) is 0. The first kappa shape index (κ1) is 14.4. The summed E-state index contributed by atoms with van der Waals surface area (Å²) in [5.41, 5.74) is 1.27. The summed E-state index contributed by atoms with van der Waals surface area (Å²) >= 11 is 10.9. The van der Waals surface area contributed by atoms with Gasteiger partial charge in [-0.1, -0.05) is 11.6 Å². The molecule has 2 aromatic rings. The monoisotopic (exact) mass is 355 g/mol. The van der Waals surface area contributed by atoms with E-state index in [4.69, 9.17) is 11.6 Å². The molecule has 2 rings (SSSR count). The molecule has 0 spiro atoms. The molecule has 0 aliphatic heterocycles. The second-order valence-corrected chi connectivity index (χ2v) is 5.98. The molecular weight excluding hydrogens is 346 g/mol. The minimum Gasteiger partial charge on any atom is -0.321 e. The van der Waals surface area contributed by atoms with Crippen LogP contribution in [0.2, 0.25) is 5.02 Å². The summed E-state index contributed by atoms with van der Waals surface area (Å²) in [6.07, 6.45) is 2.00. The zero-order chi connectivity index (χ0) is 13.8. The minimum absolute atomic E-state index is 0.157. The molecule has 2 nitrogen and oxygen atoms in total. The number of amides is 1. The van der Waals surface area contributed by atoms with Crippen molar-refractivity contribution in [2.24, 2.45) is 0 Å². The van der Waals surface area contributed by atoms with Gasteiger partial charge in [0.2, 0.25) is 0 Å². The maximum Gasteiger partial charge on any atom is 0.255 e. The molecule has 1 N–H and O–H groups in total. The second-order valence-electron chi connectivity index (χ2n) is 3.81. The van der Waals surface area contributed by atoms with E-state index >= 15 is 0 Å². The molecule has 0 saturated heterocycles. The van der Waals surface area contributed by atoms with Crippen LogP contribution in [0.25, 0.3) is 0 Å². The number of rotatable bonds is 3. The Balaban J connectivity index is 2.18. The normalized spacial score (nSPS) is 10.3. The molecule has 0 aliphatic carbocycles. The smallest absolute Gasteiger partial charge is 0.255 e. The van der Waals surface area contributed by atoms with E-state index in [1.807, 2.05) is 18.4 Å². The van der Waals surface area contributed by atoms with Gasteiger partial charge in [0, 0.05) is 20.0 Å². The summed E-state index contributed by atoms with van der Waals surface area (Å²) in [6, 6.07) is 12.7. The molecule has 0 fully saturated rings. The minimum atomic E-state index is -0.157. The van der Waals surface area contributed by atoms with E-state index in [1.165, 1.54) is 0 Å². The highest BCUT2D eigenvalue weighted by atomic mass is 79.9. The molecule has 0 bridgehead atoms. The SMILES string of the molecule is CSc1ccc(C(=O)Nc2cc(Cl)ccc2Br)cc1. The van der Waals surface area contributed by atoms with Gasteiger partial charge in [0.1, 0.15) is 0 Å². The fraction of sp³-hybridized carbons (Fsp3) is 0.0714. The molecule has 0 saturated carbocycles. The number of hydrogen-bond acceptors (Lipinski definition) is 2. The van der Waals surface area contributed by atoms with Crippen LogP contribution in [0.15, 0.2) is 51.8 Å². The maximum atomic E-state index is 12.1. The summed E-state index contributed by atoms with van der Waals surface area (Å²) in [5.74, 6) is -0.157. The number of carbonyl (C=O) groups excluding carboxylic acids is 1. The van der Waals surface area contributed by atoms with Crippen molar-refractivity contribution < 1.29 is 4.79 Å². The Morgan fingerprint density at radius 1 is 1.21 bits per heavy atom. The van der Waals surface area contributed by atoms with E-state index in [1.54, 1.807) is 42.1 Å². The summed E-state index contributed by atoms with van der Waals surface area (Å²) < 4.78 is 0.797. The number of anilines is 1. The van der Waals surface area contributed by atoms with Crippen LogP contribution < -0.4 is 5.32 Å². The molecule has 0 atom stereocenters. The van der Waals surface area contributed by atoms with E-state index in [0.29, 0.717) is 16.3 Å². The van der Waals surface area contributed by atoms with Gasteiger partial charge < -0.3 is 5.32 Å². The average molecular weight is 357 g/mol. The third-order valence-corrected chi connectivity index (χ3v) is 4.20. The van der Waals surface area contributed by atoms with E-state index < -0.39 is 0 Å². The van der Waals surface area contributed by atoms with Crippen molar-refractivity contribution >= 4 is 50.9 Å². The number of halogens is 2. The topological polar surface area (TPSA) is 29.1 Å². The Hall–Kier alpha value is -0.970. The van der Waals surface area contributed by atoms with Crippen molar-refractivity contribution in [2.45, 2.75) is 4.90 Å². The quantitative estimate of drug-likeness (QED) is 0.777. The van der Waals surface area contributed by atoms with E-state index in [0.717, 1.165) is 9.37 Å². The van der Waals surface area contributed by atoms with Gasteiger partial charge in [0.25, 0.3) is 5.91 Å². The first-order valence-corrected chi connectivity index (χ1v) is 7.90. The van der Waals surface area contributed by atoms with Crippen LogP contribution in [0.3, 0.4) is 0 Å². The maximum absolute atomic E-state index is 12.1. The number of carbonyl (C=O) groups is 1. The van der Waals surface area contributed by atoms with Crippen LogP contribution >= 0.6 is 39.3 Å². The van der Waals surface area contributed by atoms with E-state index in [-0.39, 0.29) is 5.91 Å². The Labute approximate surface area is 129 Å². The van der Waals surface area contributed by atoms with E-state index in [9.17, 15) is 4.79 Å². The Morgan fingerprint density at radius 3 is 2.53 bits per heavy atom. The molecule has 0 heterocycles. The molecular formula is C14H11BrClNOS. The lowest BCUT2D eigenvalue weighted by Crippen LogP contribution is -2.12. The fourth-order valence-corrected chi connectivity index (χ4v) is 2.46. The standard InChI is InChI=1S/C14H11BrClNOS/c1-19-11-5-2-9(3-6-11)14(18)17-13-8-10(16)4-7-12(13)15/h2-8H,1H3,(H,17,18). The van der Waals surface area contributed by atoms with Crippen LogP contribution in [-0.2, 0) is 0 Å². The fourth-order valence-electron chi connectivity index (χ4n) is 1.53. The summed E-state index contributed by atoms with van der Waals surface area (Å²) in [5, 5.41) is 3.41. The van der Waals surface area contributed by atoms with Gasteiger partial charge in [0.15, 0.2) is 0 Å². The van der Waals surface area contributed by atoms with Gasteiger partial charge in [-0.15, -0.1) is 11.8 Å². The molecule has 0 radical (unpaired) electrons. The van der Waals surface area contributed by atoms with Gasteiger partial charge in [-0.05, 0) is 64.7 Å². The van der Waals surface area contributed by atoms with Crippen LogP contribution in [0, 0.1) is 0 Å². The van der Waals surface area contributed by atoms with Crippen molar-refractivity contribution in [3.63, 3.8) is 0 Å². The molecule has 5 heteroatoms. The zero-order valence-electron chi connectivity index (χ0n) is 10.1. The lowest BCUT2D eigenvalue weighted by atomic mass is 10.2. The van der Waals surface area contributed by atoms with Crippen molar-refractivity contribution in [2.75, 3.05) is 11.6 Å². The Morgan fingerprint density at radius 2 is 1.89 bits per heavy atom. The van der Waals surface area contributed by atoms with Crippen LogP contribution in [-0.4, -0.2) is 12.2 Å².